The molecule has 0 spiro atoms. The maximum Gasteiger partial charge on any atom is 0.407 e. The van der Waals surface area contributed by atoms with Gasteiger partial charge in [0.25, 0.3) is 0 Å². The first-order chi connectivity index (χ1) is 22.3. The Morgan fingerprint density at radius 3 is 1.40 bits per heavy atom. The predicted molar refractivity (Wildman–Crippen MR) is 180 cm³/mol. The first-order valence-electron chi connectivity index (χ1n) is 16.0. The van der Waals surface area contributed by atoms with Gasteiger partial charge in [-0.05, 0) is 78.4 Å². The Morgan fingerprint density at radius 1 is 0.729 bits per heavy atom. The second-order valence-electron chi connectivity index (χ2n) is 14.4. The normalized spacial score (nSPS) is 21.2. The lowest BCUT2D eigenvalue weighted by Crippen LogP contribution is -2.51. The van der Waals surface area contributed by atoms with Gasteiger partial charge in [0.15, 0.2) is 0 Å². The summed E-state index contributed by atoms with van der Waals surface area (Å²) < 4.78 is 10.6. The Balaban J connectivity index is 0.000000260. The van der Waals surface area contributed by atoms with E-state index in [2.05, 4.69) is 34.4 Å². The van der Waals surface area contributed by atoms with E-state index in [9.17, 15) is 29.8 Å². The molecule has 2 aromatic rings. The van der Waals surface area contributed by atoms with Gasteiger partial charge in [0, 0.05) is 50.7 Å². The lowest BCUT2D eigenvalue weighted by molar-refractivity contribution is -0.384. The van der Waals surface area contributed by atoms with Crippen LogP contribution in [0.5, 0.6) is 0 Å². The zero-order valence-electron chi connectivity index (χ0n) is 29.0. The molecule has 0 aliphatic carbocycles. The third kappa shape index (κ3) is 11.8. The van der Waals surface area contributed by atoms with E-state index in [1.165, 1.54) is 24.8 Å². The highest BCUT2D eigenvalue weighted by atomic mass is 16.6. The monoisotopic (exact) mass is 672 g/mol. The van der Waals surface area contributed by atoms with Gasteiger partial charge in [-0.1, -0.05) is 13.8 Å². The molecule has 0 aromatic carbocycles. The number of nitro groups is 2. The van der Waals surface area contributed by atoms with Gasteiger partial charge in [-0.2, -0.15) is 0 Å². The average Bonchev–Trinajstić information content (AvgIpc) is 2.94. The third-order valence-electron chi connectivity index (χ3n) is 7.39. The van der Waals surface area contributed by atoms with Crippen LogP contribution >= 0.6 is 0 Å². The van der Waals surface area contributed by atoms with Crippen LogP contribution in [-0.2, 0) is 9.47 Å². The van der Waals surface area contributed by atoms with Crippen LogP contribution in [0.25, 0.3) is 0 Å². The maximum absolute atomic E-state index is 12.0. The largest absolute Gasteiger partial charge is 0.444 e. The van der Waals surface area contributed by atoms with E-state index in [4.69, 9.17) is 9.47 Å². The molecule has 2 aliphatic heterocycles. The number of amides is 2. The molecule has 2 aromatic heterocycles. The number of ether oxygens (including phenoxy) is 2. The number of pyridine rings is 2. The van der Waals surface area contributed by atoms with Crippen molar-refractivity contribution in [3.63, 3.8) is 0 Å². The van der Waals surface area contributed by atoms with Gasteiger partial charge < -0.3 is 29.9 Å². The molecule has 16 heteroatoms. The molecule has 2 aliphatic rings. The zero-order chi connectivity index (χ0) is 35.8. The van der Waals surface area contributed by atoms with Crippen molar-refractivity contribution in [2.45, 2.75) is 91.5 Å². The zero-order valence-corrected chi connectivity index (χ0v) is 29.0. The number of alkyl carbamates (subject to hydrolysis) is 2. The number of anilines is 2. The SMILES string of the molecule is C[C@@H]1CC(NC(=O)OC(C)(C)C)CN(c2ccncc2[N+](=O)[O-])C1.C[C@H]1CC(NC(=O)OC(C)(C)C)CN(c2ccncc2[N+](=O)[O-])C1. The van der Waals surface area contributed by atoms with Crippen LogP contribution in [0, 0.1) is 32.1 Å². The second kappa shape index (κ2) is 15.9. The lowest BCUT2D eigenvalue weighted by atomic mass is 9.95. The molecule has 2 N–H and O–H groups in total. The number of piperidine rings is 2. The fourth-order valence-electron chi connectivity index (χ4n) is 5.83. The Bertz CT molecular complexity index is 1340. The summed E-state index contributed by atoms with van der Waals surface area (Å²) in [4.78, 5) is 57.0. The number of hydrogen-bond acceptors (Lipinski definition) is 12. The highest BCUT2D eigenvalue weighted by Gasteiger charge is 2.32. The first kappa shape index (κ1) is 37.7. The van der Waals surface area contributed by atoms with Crippen LogP contribution in [0.3, 0.4) is 0 Å². The molecule has 0 bridgehead atoms. The Kier molecular flexibility index (Phi) is 12.5. The molecular formula is C32H48N8O8. The number of nitrogens with zero attached hydrogens (tertiary/aromatic N) is 6. The summed E-state index contributed by atoms with van der Waals surface area (Å²) in [6, 6.07) is 3.02. The summed E-state index contributed by atoms with van der Waals surface area (Å²) in [6.07, 6.45) is 6.26. The molecule has 48 heavy (non-hydrogen) atoms. The summed E-state index contributed by atoms with van der Waals surface area (Å²) >= 11 is 0. The Hall–Kier alpha value is -4.76. The van der Waals surface area contributed by atoms with Gasteiger partial charge in [-0.25, -0.2) is 9.59 Å². The third-order valence-corrected chi connectivity index (χ3v) is 7.39. The highest BCUT2D eigenvalue weighted by Crippen LogP contribution is 2.32. The van der Waals surface area contributed by atoms with Crippen molar-refractivity contribution < 1.29 is 28.9 Å². The van der Waals surface area contributed by atoms with Gasteiger partial charge in [0.1, 0.15) is 35.0 Å². The van der Waals surface area contributed by atoms with Crippen molar-refractivity contribution in [1.82, 2.24) is 20.6 Å². The van der Waals surface area contributed by atoms with E-state index in [1.54, 1.807) is 12.1 Å². The summed E-state index contributed by atoms with van der Waals surface area (Å²) in [7, 11) is 0. The van der Waals surface area contributed by atoms with Gasteiger partial charge >= 0.3 is 23.6 Å². The molecule has 264 valence electrons. The molecule has 4 rings (SSSR count). The molecule has 16 nitrogen and oxygen atoms in total. The van der Waals surface area contributed by atoms with Crippen molar-refractivity contribution in [3.05, 3.63) is 57.1 Å². The molecular weight excluding hydrogens is 624 g/mol. The van der Waals surface area contributed by atoms with Crippen LogP contribution in [0.15, 0.2) is 36.9 Å². The van der Waals surface area contributed by atoms with E-state index in [-0.39, 0.29) is 35.3 Å². The Morgan fingerprint density at radius 2 is 1.08 bits per heavy atom. The number of nitrogens with one attached hydrogen (secondary N) is 2. The molecule has 0 saturated carbocycles. The molecule has 0 radical (unpaired) electrons. The average molecular weight is 673 g/mol. The minimum absolute atomic E-state index is 0.0254. The minimum atomic E-state index is -0.562. The van der Waals surface area contributed by atoms with Crippen LogP contribution in [0.4, 0.5) is 32.3 Å². The smallest absolute Gasteiger partial charge is 0.407 e. The van der Waals surface area contributed by atoms with E-state index in [1.807, 2.05) is 51.3 Å². The van der Waals surface area contributed by atoms with E-state index in [0.29, 0.717) is 37.6 Å². The van der Waals surface area contributed by atoms with Gasteiger partial charge in [-0.15, -0.1) is 0 Å². The molecule has 2 saturated heterocycles. The highest BCUT2D eigenvalue weighted by molar-refractivity contribution is 5.69. The van der Waals surface area contributed by atoms with Crippen molar-refractivity contribution >= 4 is 34.9 Å². The van der Waals surface area contributed by atoms with Gasteiger partial charge in [0.2, 0.25) is 0 Å². The van der Waals surface area contributed by atoms with E-state index < -0.39 is 33.2 Å². The van der Waals surface area contributed by atoms with Crippen LogP contribution in [0.1, 0.15) is 68.2 Å². The molecule has 2 fully saturated rings. The first-order valence-corrected chi connectivity index (χ1v) is 16.0. The number of carbonyl (C=O) groups is 2. The number of rotatable bonds is 6. The predicted octanol–water partition coefficient (Wildman–Crippen LogP) is 5.46. The molecule has 2 unspecified atom stereocenters. The van der Waals surface area contributed by atoms with Crippen LogP contribution < -0.4 is 20.4 Å². The quantitative estimate of drug-likeness (QED) is 0.291. The maximum atomic E-state index is 12.0. The topological polar surface area (TPSA) is 195 Å². The molecule has 4 atom stereocenters. The summed E-state index contributed by atoms with van der Waals surface area (Å²) in [5.41, 5.74) is -0.123. The fourth-order valence-corrected chi connectivity index (χ4v) is 5.83. The molecule has 4 heterocycles. The number of carbonyl (C=O) groups excluding carboxylic acids is 2. The number of aromatic nitrogens is 2. The molecule has 2 amide bonds. The summed E-state index contributed by atoms with van der Waals surface area (Å²) in [5.74, 6) is 0.568. The van der Waals surface area contributed by atoms with Crippen molar-refractivity contribution in [3.8, 4) is 0 Å². The fraction of sp³-hybridized carbons (Fsp3) is 0.625. The lowest BCUT2D eigenvalue weighted by Gasteiger charge is -2.38. The van der Waals surface area contributed by atoms with Gasteiger partial charge in [0.05, 0.1) is 9.85 Å². The second-order valence-corrected chi connectivity index (χ2v) is 14.4. The van der Waals surface area contributed by atoms with E-state index in [0.717, 1.165) is 12.8 Å². The van der Waals surface area contributed by atoms with Gasteiger partial charge in [-0.3, -0.25) is 30.2 Å². The number of hydrogen-bond donors (Lipinski definition) is 2. The van der Waals surface area contributed by atoms with Crippen molar-refractivity contribution in [2.24, 2.45) is 11.8 Å². The standard InChI is InChI=1S/2C16H24N4O4/c2*1-11-7-12(18-15(21)24-16(2,3)4)10-19(9-11)13-5-6-17-8-14(13)20(22)23/h2*5-6,8,11-12H,7,9-10H2,1-4H3,(H,18,21)/t2*11-,12?/m10/s1. The van der Waals surface area contributed by atoms with Crippen molar-refractivity contribution in [1.29, 1.82) is 0 Å². The van der Waals surface area contributed by atoms with Crippen LogP contribution in [-0.4, -0.2) is 81.5 Å². The minimum Gasteiger partial charge on any atom is -0.444 e. The summed E-state index contributed by atoms with van der Waals surface area (Å²) in [5, 5.41) is 28.2. The van der Waals surface area contributed by atoms with E-state index >= 15 is 0 Å². The van der Waals surface area contributed by atoms with Crippen LogP contribution in [0.2, 0.25) is 0 Å². The summed E-state index contributed by atoms with van der Waals surface area (Å²) in [6.45, 7) is 17.3. The van der Waals surface area contributed by atoms with Crippen molar-refractivity contribution in [2.75, 3.05) is 36.0 Å². The Labute approximate surface area is 280 Å².